The second-order valence-electron chi connectivity index (χ2n) is 6.70. The standard InChI is InChI=1S/C14H27NO/c1-10-6-7-11(8-10)15-12-9-14(4,16-5)13(12,2)3/h10-12,15H,6-9H2,1-5H3. The Bertz CT molecular complexity index is 263. The van der Waals surface area contributed by atoms with Crippen LogP contribution in [0.1, 0.15) is 53.4 Å². The molecular weight excluding hydrogens is 198 g/mol. The normalized spacial score (nSPS) is 46.7. The summed E-state index contributed by atoms with van der Waals surface area (Å²) in [6.07, 6.45) is 5.27. The Morgan fingerprint density at radius 1 is 1.19 bits per heavy atom. The SMILES string of the molecule is COC1(C)CC(NC2CCC(C)C2)C1(C)C. The van der Waals surface area contributed by atoms with Crippen molar-refractivity contribution in [3.05, 3.63) is 0 Å². The van der Waals surface area contributed by atoms with Crippen molar-refractivity contribution in [2.24, 2.45) is 11.3 Å². The van der Waals surface area contributed by atoms with Crippen molar-refractivity contribution in [3.63, 3.8) is 0 Å². The van der Waals surface area contributed by atoms with E-state index in [1.54, 1.807) is 0 Å². The topological polar surface area (TPSA) is 21.3 Å². The van der Waals surface area contributed by atoms with Gasteiger partial charge in [0.1, 0.15) is 0 Å². The Morgan fingerprint density at radius 3 is 2.31 bits per heavy atom. The molecule has 0 spiro atoms. The second-order valence-corrected chi connectivity index (χ2v) is 6.70. The molecule has 2 fully saturated rings. The zero-order valence-electron chi connectivity index (χ0n) is 11.5. The summed E-state index contributed by atoms with van der Waals surface area (Å²) in [6.45, 7) is 9.27. The minimum Gasteiger partial charge on any atom is -0.378 e. The summed E-state index contributed by atoms with van der Waals surface area (Å²) in [5.41, 5.74) is 0.322. The Balaban J connectivity index is 1.89. The Kier molecular flexibility index (Phi) is 3.09. The molecule has 0 radical (unpaired) electrons. The molecule has 0 aromatic heterocycles. The van der Waals surface area contributed by atoms with E-state index < -0.39 is 0 Å². The zero-order valence-corrected chi connectivity index (χ0v) is 11.5. The molecule has 0 amide bonds. The van der Waals surface area contributed by atoms with Gasteiger partial charge in [0.2, 0.25) is 0 Å². The van der Waals surface area contributed by atoms with Crippen molar-refractivity contribution in [2.45, 2.75) is 71.1 Å². The average Bonchev–Trinajstić information content (AvgIpc) is 2.63. The third kappa shape index (κ3) is 1.80. The molecule has 0 saturated heterocycles. The highest BCUT2D eigenvalue weighted by atomic mass is 16.5. The van der Waals surface area contributed by atoms with Crippen molar-refractivity contribution < 1.29 is 4.74 Å². The molecule has 94 valence electrons. The average molecular weight is 225 g/mol. The first-order valence-electron chi connectivity index (χ1n) is 6.70. The number of ether oxygens (including phenoxy) is 1. The molecule has 2 rings (SSSR count). The summed E-state index contributed by atoms with van der Waals surface area (Å²) in [5, 5.41) is 3.85. The number of nitrogens with one attached hydrogen (secondary N) is 1. The lowest BCUT2D eigenvalue weighted by Crippen LogP contribution is -2.68. The van der Waals surface area contributed by atoms with Crippen molar-refractivity contribution in [3.8, 4) is 0 Å². The number of rotatable bonds is 3. The predicted molar refractivity (Wildman–Crippen MR) is 67.5 cm³/mol. The summed E-state index contributed by atoms with van der Waals surface area (Å²) in [4.78, 5) is 0. The third-order valence-corrected chi connectivity index (χ3v) is 5.41. The summed E-state index contributed by atoms with van der Waals surface area (Å²) < 4.78 is 5.66. The molecule has 2 heteroatoms. The van der Waals surface area contributed by atoms with Crippen LogP contribution in [0.5, 0.6) is 0 Å². The van der Waals surface area contributed by atoms with Crippen LogP contribution in [0.4, 0.5) is 0 Å². The molecule has 2 aliphatic carbocycles. The maximum Gasteiger partial charge on any atom is 0.0731 e. The third-order valence-electron chi connectivity index (χ3n) is 5.41. The Hall–Kier alpha value is -0.0800. The van der Waals surface area contributed by atoms with Gasteiger partial charge in [-0.05, 0) is 38.5 Å². The summed E-state index contributed by atoms with van der Waals surface area (Å²) in [7, 11) is 1.84. The Labute approximate surface area is 100 Å². The smallest absolute Gasteiger partial charge is 0.0731 e. The summed E-state index contributed by atoms with van der Waals surface area (Å²) in [6, 6.07) is 1.38. The summed E-state index contributed by atoms with van der Waals surface area (Å²) in [5.74, 6) is 0.912. The van der Waals surface area contributed by atoms with Crippen LogP contribution in [0.3, 0.4) is 0 Å². The van der Waals surface area contributed by atoms with Crippen molar-refractivity contribution in [2.75, 3.05) is 7.11 Å². The van der Waals surface area contributed by atoms with E-state index in [-0.39, 0.29) is 11.0 Å². The largest absolute Gasteiger partial charge is 0.378 e. The van der Waals surface area contributed by atoms with Crippen molar-refractivity contribution in [1.82, 2.24) is 5.32 Å². The molecule has 0 aliphatic heterocycles. The van der Waals surface area contributed by atoms with Crippen LogP contribution in [0, 0.1) is 11.3 Å². The van der Waals surface area contributed by atoms with Crippen LogP contribution in [-0.2, 0) is 4.74 Å². The number of methoxy groups -OCH3 is 1. The highest BCUT2D eigenvalue weighted by Crippen LogP contribution is 2.52. The first kappa shape index (κ1) is 12.4. The maximum absolute atomic E-state index is 5.66. The van der Waals surface area contributed by atoms with Crippen LogP contribution < -0.4 is 5.32 Å². The van der Waals surface area contributed by atoms with Crippen molar-refractivity contribution in [1.29, 1.82) is 0 Å². The van der Waals surface area contributed by atoms with Gasteiger partial charge in [0.15, 0.2) is 0 Å². The maximum atomic E-state index is 5.66. The first-order valence-corrected chi connectivity index (χ1v) is 6.70. The molecule has 4 unspecified atom stereocenters. The zero-order chi connectivity index (χ0) is 12.0. The van der Waals surface area contributed by atoms with Crippen LogP contribution in [0.15, 0.2) is 0 Å². The van der Waals surface area contributed by atoms with Gasteiger partial charge in [-0.25, -0.2) is 0 Å². The molecule has 2 nitrogen and oxygen atoms in total. The fourth-order valence-electron chi connectivity index (χ4n) is 3.40. The van der Waals surface area contributed by atoms with E-state index in [1.807, 2.05) is 7.11 Å². The fourth-order valence-corrected chi connectivity index (χ4v) is 3.40. The second kappa shape index (κ2) is 3.99. The monoisotopic (exact) mass is 225 g/mol. The molecule has 0 aromatic rings. The van der Waals surface area contributed by atoms with Gasteiger partial charge >= 0.3 is 0 Å². The van der Waals surface area contributed by atoms with Crippen molar-refractivity contribution >= 4 is 0 Å². The van der Waals surface area contributed by atoms with Gasteiger partial charge in [-0.3, -0.25) is 0 Å². The molecule has 2 aliphatic rings. The van der Waals surface area contributed by atoms with E-state index in [1.165, 1.54) is 19.3 Å². The van der Waals surface area contributed by atoms with E-state index in [0.29, 0.717) is 6.04 Å². The van der Waals surface area contributed by atoms with E-state index in [0.717, 1.165) is 18.4 Å². The van der Waals surface area contributed by atoms with Gasteiger partial charge in [-0.2, -0.15) is 0 Å². The molecule has 0 bridgehead atoms. The summed E-state index contributed by atoms with van der Waals surface area (Å²) >= 11 is 0. The van der Waals surface area contributed by atoms with Gasteiger partial charge in [0, 0.05) is 24.6 Å². The number of hydrogen-bond donors (Lipinski definition) is 1. The molecule has 16 heavy (non-hydrogen) atoms. The quantitative estimate of drug-likeness (QED) is 0.797. The minimum atomic E-state index is 0.0644. The van der Waals surface area contributed by atoms with Gasteiger partial charge in [-0.1, -0.05) is 20.8 Å². The lowest BCUT2D eigenvalue weighted by molar-refractivity contribution is -0.182. The molecule has 4 atom stereocenters. The van der Waals surface area contributed by atoms with Gasteiger partial charge in [0.25, 0.3) is 0 Å². The van der Waals surface area contributed by atoms with Crippen LogP contribution in [0.2, 0.25) is 0 Å². The van der Waals surface area contributed by atoms with Crippen LogP contribution >= 0.6 is 0 Å². The lowest BCUT2D eigenvalue weighted by atomic mass is 9.55. The van der Waals surface area contributed by atoms with Gasteiger partial charge < -0.3 is 10.1 Å². The van der Waals surface area contributed by atoms with E-state index >= 15 is 0 Å². The van der Waals surface area contributed by atoms with Gasteiger partial charge in [0.05, 0.1) is 5.60 Å². The van der Waals surface area contributed by atoms with Gasteiger partial charge in [-0.15, -0.1) is 0 Å². The molecule has 0 aromatic carbocycles. The van der Waals surface area contributed by atoms with Crippen LogP contribution in [-0.4, -0.2) is 24.8 Å². The highest BCUT2D eigenvalue weighted by molar-refractivity contribution is 5.12. The van der Waals surface area contributed by atoms with E-state index in [2.05, 4.69) is 33.0 Å². The van der Waals surface area contributed by atoms with Crippen LogP contribution in [0.25, 0.3) is 0 Å². The van der Waals surface area contributed by atoms with E-state index in [4.69, 9.17) is 4.74 Å². The predicted octanol–water partition coefficient (Wildman–Crippen LogP) is 2.97. The lowest BCUT2D eigenvalue weighted by Gasteiger charge is -2.60. The Morgan fingerprint density at radius 2 is 1.88 bits per heavy atom. The highest BCUT2D eigenvalue weighted by Gasteiger charge is 2.57. The molecule has 2 saturated carbocycles. The molecular formula is C14H27NO. The fraction of sp³-hybridized carbons (Fsp3) is 1.00. The first-order chi connectivity index (χ1) is 7.39. The molecule has 0 heterocycles. The molecule has 1 N–H and O–H groups in total. The minimum absolute atomic E-state index is 0.0644. The number of hydrogen-bond acceptors (Lipinski definition) is 2. The van der Waals surface area contributed by atoms with E-state index in [9.17, 15) is 0 Å².